The van der Waals surface area contributed by atoms with Crippen molar-refractivity contribution in [1.29, 1.82) is 0 Å². The molecule has 0 spiro atoms. The summed E-state index contributed by atoms with van der Waals surface area (Å²) in [5, 5.41) is 6.27. The normalized spacial score (nSPS) is 10.8. The van der Waals surface area contributed by atoms with Crippen LogP contribution in [0.3, 0.4) is 0 Å². The van der Waals surface area contributed by atoms with Gasteiger partial charge in [-0.3, -0.25) is 9.97 Å². The van der Waals surface area contributed by atoms with Crippen molar-refractivity contribution in [3.8, 4) is 0 Å². The fourth-order valence-electron chi connectivity index (χ4n) is 3.18. The minimum Gasteiger partial charge on any atom is -0.264 e. The molecule has 0 aliphatic heterocycles. The Morgan fingerprint density at radius 2 is 0.688 bits per heavy atom. The minimum absolute atomic E-state index is 0.542. The third-order valence-electron chi connectivity index (χ3n) is 7.90. The summed E-state index contributed by atoms with van der Waals surface area (Å²) in [7, 11) is 0. The SMILES string of the molecule is CCC(C)(C)C.CCC(C)(C)C.CCC(C)(C)C.c1ccc2ccccc2c1.c1ccc2cnccc2c1.c1ccc2ncccc2c1. The molecule has 0 saturated carbocycles. The average Bonchev–Trinajstić information content (AvgIpc) is 3.09. The van der Waals surface area contributed by atoms with E-state index in [0.29, 0.717) is 16.2 Å². The number of benzene rings is 4. The summed E-state index contributed by atoms with van der Waals surface area (Å²) >= 11 is 0. The molecule has 6 aromatic rings. The van der Waals surface area contributed by atoms with Crippen LogP contribution in [0.4, 0.5) is 0 Å². The van der Waals surface area contributed by atoms with Crippen LogP contribution in [0, 0.1) is 16.2 Å². The van der Waals surface area contributed by atoms with Gasteiger partial charge in [0, 0.05) is 24.0 Å². The molecule has 48 heavy (non-hydrogen) atoms. The highest BCUT2D eigenvalue weighted by molar-refractivity contribution is 5.82. The van der Waals surface area contributed by atoms with Gasteiger partial charge < -0.3 is 0 Å². The summed E-state index contributed by atoms with van der Waals surface area (Å²) in [5.74, 6) is 0. The number of nitrogens with zero attached hydrogens (tertiary/aromatic N) is 2. The quantitative estimate of drug-likeness (QED) is 0.164. The van der Waals surface area contributed by atoms with Crippen LogP contribution in [0.5, 0.6) is 0 Å². The van der Waals surface area contributed by atoms with Crippen LogP contribution in [0.1, 0.15) is 102 Å². The van der Waals surface area contributed by atoms with Crippen LogP contribution in [0.15, 0.2) is 134 Å². The standard InChI is InChI=1S/C10H8.2C9H7N.3C6H14/c1-2-6-10-8-4-3-7-9(10)5-1;1-2-6-9-8(4-1)5-3-7-10-9;1-2-4-9-7-10-6-5-8(9)3-1;3*1-5-6(2,3)4/h1-8H;2*1-7H;3*5H2,1-4H3. The Balaban J connectivity index is 0.000000294. The van der Waals surface area contributed by atoms with E-state index >= 15 is 0 Å². The van der Waals surface area contributed by atoms with E-state index in [0.717, 1.165) is 5.52 Å². The number of aromatic nitrogens is 2. The first-order chi connectivity index (χ1) is 22.6. The molecule has 0 unspecified atom stereocenters. The van der Waals surface area contributed by atoms with Crippen molar-refractivity contribution in [3.63, 3.8) is 0 Å². The third kappa shape index (κ3) is 20.3. The van der Waals surface area contributed by atoms with E-state index in [1.165, 1.54) is 46.2 Å². The minimum atomic E-state index is 0.542. The van der Waals surface area contributed by atoms with Crippen molar-refractivity contribution in [2.45, 2.75) is 102 Å². The topological polar surface area (TPSA) is 25.8 Å². The Labute approximate surface area is 294 Å². The number of pyridine rings is 2. The van der Waals surface area contributed by atoms with Crippen LogP contribution in [-0.2, 0) is 0 Å². The van der Waals surface area contributed by atoms with E-state index in [1.807, 2.05) is 61.1 Å². The summed E-state index contributed by atoms with van der Waals surface area (Å²) in [4.78, 5) is 8.19. The molecule has 0 aliphatic rings. The first-order valence-corrected chi connectivity index (χ1v) is 17.6. The van der Waals surface area contributed by atoms with E-state index in [1.54, 1.807) is 0 Å². The fraction of sp³-hybridized carbons (Fsp3) is 0.391. The lowest BCUT2D eigenvalue weighted by molar-refractivity contribution is 0.397. The predicted octanol–water partition coefficient (Wildman–Crippen LogP) is 14.6. The van der Waals surface area contributed by atoms with Gasteiger partial charge in [0.2, 0.25) is 0 Å². The van der Waals surface area contributed by atoms with Crippen molar-refractivity contribution < 1.29 is 0 Å². The second-order valence-electron chi connectivity index (χ2n) is 15.5. The number of hydrogen-bond acceptors (Lipinski definition) is 2. The highest BCUT2D eigenvalue weighted by atomic mass is 14.6. The Morgan fingerprint density at radius 1 is 0.375 bits per heavy atom. The van der Waals surface area contributed by atoms with E-state index < -0.39 is 0 Å². The second kappa shape index (κ2) is 21.8. The molecule has 2 aromatic heterocycles. The smallest absolute Gasteiger partial charge is 0.0701 e. The number of rotatable bonds is 0. The van der Waals surface area contributed by atoms with Gasteiger partial charge in [0.1, 0.15) is 0 Å². The van der Waals surface area contributed by atoms with Gasteiger partial charge in [0.05, 0.1) is 5.52 Å². The molecular formula is C46H64N2. The second-order valence-corrected chi connectivity index (χ2v) is 15.5. The van der Waals surface area contributed by atoms with E-state index in [-0.39, 0.29) is 0 Å². The number of fused-ring (bicyclic) bond motifs is 3. The largest absolute Gasteiger partial charge is 0.264 e. The van der Waals surface area contributed by atoms with Crippen molar-refractivity contribution in [3.05, 3.63) is 134 Å². The summed E-state index contributed by atoms with van der Waals surface area (Å²) < 4.78 is 0. The lowest BCUT2D eigenvalue weighted by Crippen LogP contribution is -2.00. The molecule has 0 bridgehead atoms. The van der Waals surface area contributed by atoms with Gasteiger partial charge in [-0.15, -0.1) is 0 Å². The van der Waals surface area contributed by atoms with Gasteiger partial charge in [-0.05, 0) is 56.0 Å². The fourth-order valence-corrected chi connectivity index (χ4v) is 3.18. The molecule has 6 rings (SSSR count). The van der Waals surface area contributed by atoms with Crippen molar-refractivity contribution in [2.24, 2.45) is 16.2 Å². The van der Waals surface area contributed by atoms with E-state index in [2.05, 4.69) is 166 Å². The van der Waals surface area contributed by atoms with Crippen molar-refractivity contribution >= 4 is 32.4 Å². The molecule has 0 fully saturated rings. The van der Waals surface area contributed by atoms with Crippen LogP contribution >= 0.6 is 0 Å². The zero-order valence-corrected chi connectivity index (χ0v) is 32.2. The van der Waals surface area contributed by atoms with Gasteiger partial charge in [-0.2, -0.15) is 0 Å². The summed E-state index contributed by atoms with van der Waals surface area (Å²) in [6.45, 7) is 26.8. The van der Waals surface area contributed by atoms with Gasteiger partial charge in [-0.1, -0.05) is 199 Å². The van der Waals surface area contributed by atoms with E-state index in [9.17, 15) is 0 Å². The summed E-state index contributed by atoms with van der Waals surface area (Å²) in [6.07, 6.45) is 9.30. The van der Waals surface area contributed by atoms with Gasteiger partial charge in [0.15, 0.2) is 0 Å². The zero-order chi connectivity index (χ0) is 36.1. The zero-order valence-electron chi connectivity index (χ0n) is 32.2. The highest BCUT2D eigenvalue weighted by Crippen LogP contribution is 2.17. The van der Waals surface area contributed by atoms with E-state index in [4.69, 9.17) is 0 Å². The Kier molecular flexibility index (Phi) is 19.0. The lowest BCUT2D eigenvalue weighted by Gasteiger charge is -2.12. The molecule has 0 saturated heterocycles. The number of para-hydroxylation sites is 1. The highest BCUT2D eigenvalue weighted by Gasteiger charge is 2.04. The molecule has 258 valence electrons. The molecule has 0 radical (unpaired) electrons. The average molecular weight is 645 g/mol. The number of hydrogen-bond donors (Lipinski definition) is 0. The molecule has 0 atom stereocenters. The van der Waals surface area contributed by atoms with Gasteiger partial charge in [0.25, 0.3) is 0 Å². The molecular weight excluding hydrogens is 581 g/mol. The Morgan fingerprint density at radius 3 is 1.04 bits per heavy atom. The van der Waals surface area contributed by atoms with Crippen LogP contribution in [-0.4, -0.2) is 9.97 Å². The molecule has 4 aromatic carbocycles. The maximum atomic E-state index is 4.18. The molecule has 0 N–H and O–H groups in total. The first-order valence-electron chi connectivity index (χ1n) is 17.6. The van der Waals surface area contributed by atoms with Crippen LogP contribution in [0.2, 0.25) is 0 Å². The summed E-state index contributed by atoms with van der Waals surface area (Å²) in [6, 6.07) is 39.0. The predicted molar refractivity (Wildman–Crippen MR) is 217 cm³/mol. The van der Waals surface area contributed by atoms with Gasteiger partial charge in [-0.25, -0.2) is 0 Å². The van der Waals surface area contributed by atoms with Crippen molar-refractivity contribution in [2.75, 3.05) is 0 Å². The monoisotopic (exact) mass is 645 g/mol. The molecule has 0 amide bonds. The molecule has 2 nitrogen and oxygen atoms in total. The van der Waals surface area contributed by atoms with Crippen LogP contribution < -0.4 is 0 Å². The Hall–Kier alpha value is -4.04. The Bertz CT molecular complexity index is 1280. The maximum absolute atomic E-state index is 4.18. The van der Waals surface area contributed by atoms with Crippen molar-refractivity contribution in [1.82, 2.24) is 9.97 Å². The van der Waals surface area contributed by atoms with Gasteiger partial charge >= 0.3 is 0 Å². The third-order valence-corrected chi connectivity index (χ3v) is 7.90. The summed E-state index contributed by atoms with van der Waals surface area (Å²) in [5.41, 5.74) is 2.69. The molecule has 2 heterocycles. The maximum Gasteiger partial charge on any atom is 0.0701 e. The van der Waals surface area contributed by atoms with Crippen LogP contribution in [0.25, 0.3) is 32.4 Å². The first kappa shape index (κ1) is 42.0. The lowest BCUT2D eigenvalue weighted by atomic mass is 9.94. The molecule has 0 aliphatic carbocycles. The molecule has 2 heteroatoms.